The number of aromatic hydroxyl groups is 1. The second-order valence-electron chi connectivity index (χ2n) is 7.13. The molecule has 4 aromatic rings. The lowest BCUT2D eigenvalue weighted by atomic mass is 10.0. The van der Waals surface area contributed by atoms with Gasteiger partial charge in [0.05, 0.1) is 11.2 Å². The number of fused-ring (bicyclic) bond motifs is 1. The minimum atomic E-state index is -0.447. The van der Waals surface area contributed by atoms with Crippen LogP contribution in [0.15, 0.2) is 77.9 Å². The number of hydrogen-bond acceptors (Lipinski definition) is 4. The molecule has 0 aliphatic heterocycles. The maximum absolute atomic E-state index is 12.3. The summed E-state index contributed by atoms with van der Waals surface area (Å²) in [6.45, 7) is 0.308. The molecular formula is C25H17Cl3N2O3. The van der Waals surface area contributed by atoms with Crippen molar-refractivity contribution in [3.63, 3.8) is 0 Å². The quantitative estimate of drug-likeness (QED) is 0.225. The number of ether oxygens (including phenoxy) is 1. The number of benzene rings is 4. The van der Waals surface area contributed by atoms with Crippen molar-refractivity contribution in [2.24, 2.45) is 5.10 Å². The van der Waals surface area contributed by atoms with Gasteiger partial charge in [0.2, 0.25) is 0 Å². The highest BCUT2D eigenvalue weighted by molar-refractivity contribution is 6.34. The lowest BCUT2D eigenvalue weighted by Gasteiger charge is -2.12. The first-order valence-corrected chi connectivity index (χ1v) is 11.0. The summed E-state index contributed by atoms with van der Waals surface area (Å²) in [7, 11) is 0. The van der Waals surface area contributed by atoms with E-state index in [1.165, 1.54) is 18.2 Å². The van der Waals surface area contributed by atoms with Crippen LogP contribution in [0.1, 0.15) is 21.5 Å². The van der Waals surface area contributed by atoms with Crippen LogP contribution in [-0.4, -0.2) is 17.2 Å². The number of carbonyl (C=O) groups is 1. The molecule has 0 saturated heterocycles. The van der Waals surface area contributed by atoms with Crippen molar-refractivity contribution in [3.05, 3.63) is 105 Å². The number of nitrogens with one attached hydrogen (secondary N) is 1. The monoisotopic (exact) mass is 498 g/mol. The number of halogens is 3. The van der Waals surface area contributed by atoms with Crippen LogP contribution < -0.4 is 10.2 Å². The molecule has 0 saturated carbocycles. The minimum Gasteiger partial charge on any atom is -0.506 e. The number of hydrogen-bond donors (Lipinski definition) is 2. The van der Waals surface area contributed by atoms with Crippen LogP contribution in [0, 0.1) is 0 Å². The Morgan fingerprint density at radius 2 is 1.67 bits per heavy atom. The third-order valence-electron chi connectivity index (χ3n) is 4.81. The second kappa shape index (κ2) is 10.1. The molecule has 8 heteroatoms. The molecule has 0 fully saturated rings. The highest BCUT2D eigenvalue weighted by atomic mass is 35.5. The van der Waals surface area contributed by atoms with Gasteiger partial charge in [-0.1, -0.05) is 59.1 Å². The first-order valence-electron chi connectivity index (χ1n) is 9.82. The van der Waals surface area contributed by atoms with E-state index in [2.05, 4.69) is 10.5 Å². The lowest BCUT2D eigenvalue weighted by Crippen LogP contribution is -2.17. The Balaban J connectivity index is 1.52. The molecule has 0 aromatic heterocycles. The van der Waals surface area contributed by atoms with E-state index < -0.39 is 5.91 Å². The van der Waals surface area contributed by atoms with Crippen LogP contribution in [0.25, 0.3) is 10.8 Å². The Morgan fingerprint density at radius 1 is 0.939 bits per heavy atom. The van der Waals surface area contributed by atoms with Gasteiger partial charge in [-0.2, -0.15) is 5.10 Å². The average molecular weight is 500 g/mol. The Kier molecular flexibility index (Phi) is 7.04. The molecule has 0 heterocycles. The maximum atomic E-state index is 12.3. The van der Waals surface area contributed by atoms with E-state index in [-0.39, 0.29) is 16.3 Å². The summed E-state index contributed by atoms with van der Waals surface area (Å²) in [6, 6.07) is 20.9. The highest BCUT2D eigenvalue weighted by Crippen LogP contribution is 2.29. The van der Waals surface area contributed by atoms with Gasteiger partial charge in [0.1, 0.15) is 18.1 Å². The lowest BCUT2D eigenvalue weighted by molar-refractivity contribution is 0.0955. The highest BCUT2D eigenvalue weighted by Gasteiger charge is 2.09. The standard InChI is InChI=1S/C25H17Cl3N2O3/c26-18-9-15(10-19(27)12-18)14-33-24-8-6-17(20-3-1-2-4-21(20)24)13-29-30-25(32)16-5-7-23(31)22(28)11-16/h1-13,31H,14H2,(H,30,32). The van der Waals surface area contributed by atoms with Gasteiger partial charge in [-0.15, -0.1) is 0 Å². The zero-order chi connectivity index (χ0) is 23.4. The summed E-state index contributed by atoms with van der Waals surface area (Å²) in [5, 5.41) is 16.5. The van der Waals surface area contributed by atoms with Crippen LogP contribution in [0.3, 0.4) is 0 Å². The van der Waals surface area contributed by atoms with Crippen LogP contribution in [-0.2, 0) is 6.61 Å². The molecule has 0 bridgehead atoms. The third-order valence-corrected chi connectivity index (χ3v) is 5.55. The van der Waals surface area contributed by atoms with Gasteiger partial charge in [-0.25, -0.2) is 5.43 Å². The molecule has 5 nitrogen and oxygen atoms in total. The minimum absolute atomic E-state index is 0.0910. The van der Waals surface area contributed by atoms with Crippen molar-refractivity contribution < 1.29 is 14.6 Å². The predicted molar refractivity (Wildman–Crippen MR) is 133 cm³/mol. The fraction of sp³-hybridized carbons (Fsp3) is 0.0400. The van der Waals surface area contributed by atoms with E-state index in [0.29, 0.717) is 22.4 Å². The molecule has 33 heavy (non-hydrogen) atoms. The van der Waals surface area contributed by atoms with Crippen molar-refractivity contribution in [3.8, 4) is 11.5 Å². The van der Waals surface area contributed by atoms with E-state index >= 15 is 0 Å². The van der Waals surface area contributed by atoms with Crippen molar-refractivity contribution in [1.29, 1.82) is 0 Å². The van der Waals surface area contributed by atoms with Gasteiger partial charge in [0.15, 0.2) is 0 Å². The number of nitrogens with zero attached hydrogens (tertiary/aromatic N) is 1. The molecule has 0 aliphatic rings. The fourth-order valence-electron chi connectivity index (χ4n) is 3.26. The molecule has 0 radical (unpaired) electrons. The Morgan fingerprint density at radius 3 is 2.39 bits per heavy atom. The van der Waals surface area contributed by atoms with E-state index in [4.69, 9.17) is 39.5 Å². The summed E-state index contributed by atoms with van der Waals surface area (Å²) >= 11 is 18.0. The number of carbonyl (C=O) groups excluding carboxylic acids is 1. The zero-order valence-corrected chi connectivity index (χ0v) is 19.3. The fourth-order valence-corrected chi connectivity index (χ4v) is 4.01. The Hall–Kier alpha value is -3.25. The van der Waals surface area contributed by atoms with E-state index in [0.717, 1.165) is 21.9 Å². The molecule has 4 rings (SSSR count). The normalized spacial score (nSPS) is 11.1. The number of hydrazone groups is 1. The number of phenols is 1. The number of phenolic OH excluding ortho intramolecular Hbond substituents is 1. The van der Waals surface area contributed by atoms with Crippen LogP contribution in [0.4, 0.5) is 0 Å². The van der Waals surface area contributed by atoms with E-state index in [1.807, 2.05) is 36.4 Å². The first kappa shape index (κ1) is 22.9. The Labute approximate surface area is 205 Å². The van der Waals surface area contributed by atoms with Crippen molar-refractivity contribution in [2.45, 2.75) is 6.61 Å². The van der Waals surface area contributed by atoms with Gasteiger partial charge in [0.25, 0.3) is 5.91 Å². The molecule has 0 spiro atoms. The summed E-state index contributed by atoms with van der Waals surface area (Å²) in [5.74, 6) is 0.156. The molecule has 0 unspecified atom stereocenters. The van der Waals surface area contributed by atoms with E-state index in [1.54, 1.807) is 24.4 Å². The number of rotatable bonds is 6. The summed E-state index contributed by atoms with van der Waals surface area (Å²) < 4.78 is 6.03. The van der Waals surface area contributed by atoms with Gasteiger partial charge < -0.3 is 9.84 Å². The molecular weight excluding hydrogens is 483 g/mol. The maximum Gasteiger partial charge on any atom is 0.271 e. The summed E-state index contributed by atoms with van der Waals surface area (Å²) in [5.41, 5.74) is 4.41. The van der Waals surface area contributed by atoms with E-state index in [9.17, 15) is 9.90 Å². The number of amides is 1. The molecule has 0 atom stereocenters. The van der Waals surface area contributed by atoms with Crippen molar-refractivity contribution >= 4 is 57.7 Å². The van der Waals surface area contributed by atoms with Crippen LogP contribution in [0.2, 0.25) is 15.1 Å². The molecule has 4 aromatic carbocycles. The smallest absolute Gasteiger partial charge is 0.271 e. The predicted octanol–water partition coefficient (Wildman–Crippen LogP) is 6.85. The first-order chi connectivity index (χ1) is 15.9. The molecule has 0 aliphatic carbocycles. The summed E-state index contributed by atoms with van der Waals surface area (Å²) in [4.78, 5) is 12.3. The van der Waals surface area contributed by atoms with Crippen molar-refractivity contribution in [2.75, 3.05) is 0 Å². The van der Waals surface area contributed by atoms with Crippen LogP contribution in [0.5, 0.6) is 11.5 Å². The van der Waals surface area contributed by atoms with Crippen LogP contribution >= 0.6 is 34.8 Å². The second-order valence-corrected chi connectivity index (χ2v) is 8.41. The van der Waals surface area contributed by atoms with Gasteiger partial charge in [-0.05, 0) is 59.5 Å². The SMILES string of the molecule is O=C(NN=Cc1ccc(OCc2cc(Cl)cc(Cl)c2)c2ccccc12)c1ccc(O)c(Cl)c1. The van der Waals surface area contributed by atoms with Gasteiger partial charge in [0, 0.05) is 26.6 Å². The molecule has 166 valence electrons. The topological polar surface area (TPSA) is 70.9 Å². The Bertz CT molecular complexity index is 1350. The average Bonchev–Trinajstić information content (AvgIpc) is 2.79. The zero-order valence-electron chi connectivity index (χ0n) is 17.1. The largest absolute Gasteiger partial charge is 0.506 e. The van der Waals surface area contributed by atoms with Gasteiger partial charge >= 0.3 is 0 Å². The molecule has 2 N–H and O–H groups in total. The summed E-state index contributed by atoms with van der Waals surface area (Å²) in [6.07, 6.45) is 1.56. The third kappa shape index (κ3) is 5.57. The molecule has 1 amide bonds. The van der Waals surface area contributed by atoms with Gasteiger partial charge in [-0.3, -0.25) is 4.79 Å². The van der Waals surface area contributed by atoms with Crippen molar-refractivity contribution in [1.82, 2.24) is 5.43 Å².